The molecule has 0 fully saturated rings. The molecule has 0 aliphatic heterocycles. The first kappa shape index (κ1) is 17.5. The van der Waals surface area contributed by atoms with E-state index in [1.54, 1.807) is 35.5 Å². The molecule has 0 aliphatic carbocycles. The summed E-state index contributed by atoms with van der Waals surface area (Å²) in [5, 5.41) is 9.01. The Kier molecular flexibility index (Phi) is 5.05. The molecule has 2 aromatic heterocycles. The molecule has 2 aromatic carbocycles. The highest BCUT2D eigenvalue weighted by molar-refractivity contribution is 6.42. The number of para-hydroxylation sites is 1. The fourth-order valence-electron chi connectivity index (χ4n) is 2.67. The van der Waals surface area contributed by atoms with Gasteiger partial charge in [0.15, 0.2) is 5.82 Å². The van der Waals surface area contributed by atoms with Crippen LogP contribution in [-0.4, -0.2) is 19.7 Å². The van der Waals surface area contributed by atoms with Gasteiger partial charge in [0, 0.05) is 30.2 Å². The number of hydrogen-bond donors (Lipinski definition) is 1. The standard InChI is InChI=1S/C20H15Cl2N5/c21-17-6-5-15(11-18(17)22)27-13-25-20(26-27)16-3-1-2-4-19(16)24-12-14-7-9-23-10-8-14/h1-11,13,24H,12H2. The van der Waals surface area contributed by atoms with Crippen molar-refractivity contribution in [3.63, 3.8) is 0 Å². The SMILES string of the molecule is Clc1ccc(-n2cnc(-c3ccccc3NCc3ccncc3)n2)cc1Cl. The molecule has 0 radical (unpaired) electrons. The predicted octanol–water partition coefficient (Wildman–Crippen LogP) is 5.25. The molecule has 0 amide bonds. The van der Waals surface area contributed by atoms with Crippen LogP contribution >= 0.6 is 23.2 Å². The minimum Gasteiger partial charge on any atom is -0.380 e. The van der Waals surface area contributed by atoms with Crippen molar-refractivity contribution in [3.05, 3.63) is 88.9 Å². The molecule has 0 saturated heterocycles. The van der Waals surface area contributed by atoms with E-state index in [1.165, 1.54) is 0 Å². The molecule has 5 nitrogen and oxygen atoms in total. The van der Waals surface area contributed by atoms with Crippen molar-refractivity contribution in [2.45, 2.75) is 6.54 Å². The van der Waals surface area contributed by atoms with E-state index >= 15 is 0 Å². The highest BCUT2D eigenvalue weighted by Crippen LogP contribution is 2.27. The number of halogens is 2. The van der Waals surface area contributed by atoms with E-state index in [-0.39, 0.29) is 0 Å². The second kappa shape index (κ2) is 7.78. The number of anilines is 1. The summed E-state index contributed by atoms with van der Waals surface area (Å²) in [6, 6.07) is 17.3. The summed E-state index contributed by atoms with van der Waals surface area (Å²) in [4.78, 5) is 8.50. The van der Waals surface area contributed by atoms with Gasteiger partial charge in [-0.25, -0.2) is 9.67 Å². The van der Waals surface area contributed by atoms with Crippen LogP contribution in [0.1, 0.15) is 5.56 Å². The lowest BCUT2D eigenvalue weighted by molar-refractivity contribution is 0.882. The van der Waals surface area contributed by atoms with Crippen molar-refractivity contribution in [1.82, 2.24) is 19.7 Å². The highest BCUT2D eigenvalue weighted by Gasteiger charge is 2.11. The van der Waals surface area contributed by atoms with Crippen LogP contribution in [0.25, 0.3) is 17.1 Å². The zero-order valence-corrected chi connectivity index (χ0v) is 15.7. The third kappa shape index (κ3) is 3.94. The second-order valence-electron chi connectivity index (χ2n) is 5.87. The topological polar surface area (TPSA) is 55.6 Å². The lowest BCUT2D eigenvalue weighted by Crippen LogP contribution is -2.01. The largest absolute Gasteiger partial charge is 0.380 e. The maximum Gasteiger partial charge on any atom is 0.183 e. The van der Waals surface area contributed by atoms with E-state index in [2.05, 4.69) is 20.4 Å². The van der Waals surface area contributed by atoms with Gasteiger partial charge >= 0.3 is 0 Å². The van der Waals surface area contributed by atoms with Crippen molar-refractivity contribution in [2.75, 3.05) is 5.32 Å². The summed E-state index contributed by atoms with van der Waals surface area (Å²) in [5.74, 6) is 0.624. The van der Waals surface area contributed by atoms with E-state index < -0.39 is 0 Å². The normalized spacial score (nSPS) is 10.7. The van der Waals surface area contributed by atoms with E-state index in [0.29, 0.717) is 22.4 Å². The van der Waals surface area contributed by atoms with Gasteiger partial charge in [0.25, 0.3) is 0 Å². The molecule has 4 aromatic rings. The number of rotatable bonds is 5. The molecule has 0 bridgehead atoms. The maximum atomic E-state index is 6.10. The summed E-state index contributed by atoms with van der Waals surface area (Å²) in [6.07, 6.45) is 5.22. The van der Waals surface area contributed by atoms with Gasteiger partial charge in [-0.2, -0.15) is 0 Å². The fourth-order valence-corrected chi connectivity index (χ4v) is 2.96. The Hall–Kier alpha value is -2.89. The average molecular weight is 396 g/mol. The molecule has 0 unspecified atom stereocenters. The Morgan fingerprint density at radius 1 is 0.926 bits per heavy atom. The summed E-state index contributed by atoms with van der Waals surface area (Å²) in [5.41, 5.74) is 3.83. The molecule has 0 spiro atoms. The van der Waals surface area contributed by atoms with Gasteiger partial charge in [0.05, 0.1) is 15.7 Å². The number of nitrogens with one attached hydrogen (secondary N) is 1. The summed E-state index contributed by atoms with van der Waals surface area (Å²) < 4.78 is 1.68. The first-order chi connectivity index (χ1) is 13.2. The van der Waals surface area contributed by atoms with Crippen LogP contribution in [-0.2, 0) is 6.54 Å². The zero-order valence-electron chi connectivity index (χ0n) is 14.2. The molecule has 4 rings (SSSR count). The second-order valence-corrected chi connectivity index (χ2v) is 6.68. The molecule has 2 heterocycles. The van der Waals surface area contributed by atoms with Gasteiger partial charge in [0.1, 0.15) is 6.33 Å². The fraction of sp³-hybridized carbons (Fsp3) is 0.0500. The Morgan fingerprint density at radius 2 is 1.74 bits per heavy atom. The summed E-state index contributed by atoms with van der Waals surface area (Å²) >= 11 is 12.1. The monoisotopic (exact) mass is 395 g/mol. The summed E-state index contributed by atoms with van der Waals surface area (Å²) in [6.45, 7) is 0.688. The van der Waals surface area contributed by atoms with Crippen LogP contribution in [0.5, 0.6) is 0 Å². The van der Waals surface area contributed by atoms with Crippen molar-refractivity contribution < 1.29 is 0 Å². The van der Waals surface area contributed by atoms with Gasteiger partial charge in [-0.15, -0.1) is 5.10 Å². The van der Waals surface area contributed by atoms with Gasteiger partial charge in [-0.1, -0.05) is 35.3 Å². The van der Waals surface area contributed by atoms with Crippen LogP contribution in [0.3, 0.4) is 0 Å². The van der Waals surface area contributed by atoms with Crippen LogP contribution in [0.4, 0.5) is 5.69 Å². The third-order valence-electron chi connectivity index (χ3n) is 4.06. The van der Waals surface area contributed by atoms with Crippen LogP contribution in [0.15, 0.2) is 73.3 Å². The predicted molar refractivity (Wildman–Crippen MR) is 108 cm³/mol. The summed E-state index contributed by atoms with van der Waals surface area (Å²) in [7, 11) is 0. The molecular weight excluding hydrogens is 381 g/mol. The Bertz CT molecular complexity index is 1060. The number of hydrogen-bond acceptors (Lipinski definition) is 4. The molecule has 0 saturated carbocycles. The number of aromatic nitrogens is 4. The minimum atomic E-state index is 0.477. The molecule has 27 heavy (non-hydrogen) atoms. The van der Waals surface area contributed by atoms with E-state index in [0.717, 1.165) is 22.5 Å². The smallest absolute Gasteiger partial charge is 0.183 e. The quantitative estimate of drug-likeness (QED) is 0.501. The lowest BCUT2D eigenvalue weighted by Gasteiger charge is -2.10. The first-order valence-corrected chi connectivity index (χ1v) is 9.05. The van der Waals surface area contributed by atoms with E-state index in [1.807, 2.05) is 42.5 Å². The van der Waals surface area contributed by atoms with E-state index in [4.69, 9.17) is 23.2 Å². The molecule has 134 valence electrons. The average Bonchev–Trinajstić information content (AvgIpc) is 3.19. The van der Waals surface area contributed by atoms with Gasteiger partial charge < -0.3 is 5.32 Å². The molecular formula is C20H15Cl2N5. The van der Waals surface area contributed by atoms with Gasteiger partial charge in [-0.3, -0.25) is 4.98 Å². The molecule has 7 heteroatoms. The van der Waals surface area contributed by atoms with Crippen LogP contribution in [0.2, 0.25) is 10.0 Å². The lowest BCUT2D eigenvalue weighted by atomic mass is 10.1. The number of nitrogens with zero attached hydrogens (tertiary/aromatic N) is 4. The Balaban J connectivity index is 1.60. The molecule has 0 aliphatic rings. The Labute approximate surface area is 166 Å². The van der Waals surface area contributed by atoms with Crippen molar-refractivity contribution in [3.8, 4) is 17.1 Å². The van der Waals surface area contributed by atoms with Crippen LogP contribution in [0, 0.1) is 0 Å². The molecule has 0 atom stereocenters. The number of benzene rings is 2. The minimum absolute atomic E-state index is 0.477. The van der Waals surface area contributed by atoms with Crippen molar-refractivity contribution >= 4 is 28.9 Å². The highest BCUT2D eigenvalue weighted by atomic mass is 35.5. The van der Waals surface area contributed by atoms with Crippen molar-refractivity contribution in [1.29, 1.82) is 0 Å². The third-order valence-corrected chi connectivity index (χ3v) is 4.80. The first-order valence-electron chi connectivity index (χ1n) is 8.30. The van der Waals surface area contributed by atoms with Crippen molar-refractivity contribution in [2.24, 2.45) is 0 Å². The number of pyridine rings is 1. The van der Waals surface area contributed by atoms with Gasteiger partial charge in [-0.05, 0) is 48.0 Å². The van der Waals surface area contributed by atoms with Crippen LogP contribution < -0.4 is 5.32 Å². The molecule has 1 N–H and O–H groups in total. The van der Waals surface area contributed by atoms with Gasteiger partial charge in [0.2, 0.25) is 0 Å². The zero-order chi connectivity index (χ0) is 18.6. The van der Waals surface area contributed by atoms with E-state index in [9.17, 15) is 0 Å². The Morgan fingerprint density at radius 3 is 2.56 bits per heavy atom. The maximum absolute atomic E-state index is 6.10.